The highest BCUT2D eigenvalue weighted by molar-refractivity contribution is 6.16. The number of amides is 2. The number of nitrogens with one attached hydrogen (secondary N) is 1. The van der Waals surface area contributed by atoms with Gasteiger partial charge in [-0.2, -0.15) is 13.2 Å². The monoisotopic (exact) mass is 429 g/mol. The molecule has 3 aromatic heterocycles. The maximum atomic E-state index is 13.2. The van der Waals surface area contributed by atoms with E-state index in [9.17, 15) is 22.8 Å². The van der Waals surface area contributed by atoms with E-state index in [0.717, 1.165) is 17.8 Å². The number of pyridine rings is 2. The van der Waals surface area contributed by atoms with Crippen molar-refractivity contribution in [3.63, 3.8) is 0 Å². The number of rotatable bonds is 3. The number of aromatic nitrogens is 3. The fraction of sp³-hybridized carbons (Fsp3) is 0.238. The average Bonchev–Trinajstić information content (AvgIpc) is 3.18. The third kappa shape index (κ3) is 3.76. The number of aryl methyl sites for hydroxylation is 1. The first-order valence-corrected chi connectivity index (χ1v) is 9.44. The van der Waals surface area contributed by atoms with Crippen molar-refractivity contribution in [1.29, 1.82) is 0 Å². The summed E-state index contributed by atoms with van der Waals surface area (Å²) in [6.07, 6.45) is 1.23. The molecule has 0 radical (unpaired) electrons. The Balaban J connectivity index is 1.66. The van der Waals surface area contributed by atoms with Crippen molar-refractivity contribution in [3.05, 3.63) is 71.6 Å². The molecular weight excluding hydrogens is 411 g/mol. The minimum atomic E-state index is -4.57. The fourth-order valence-electron chi connectivity index (χ4n) is 3.51. The van der Waals surface area contributed by atoms with E-state index < -0.39 is 23.7 Å². The molecule has 31 heavy (non-hydrogen) atoms. The van der Waals surface area contributed by atoms with Gasteiger partial charge in [-0.1, -0.05) is 0 Å². The molecule has 0 spiro atoms. The van der Waals surface area contributed by atoms with Gasteiger partial charge in [0, 0.05) is 25.0 Å². The molecule has 7 nitrogen and oxygen atoms in total. The van der Waals surface area contributed by atoms with E-state index in [2.05, 4.69) is 15.3 Å². The molecule has 2 amide bonds. The van der Waals surface area contributed by atoms with Crippen LogP contribution in [-0.4, -0.2) is 32.9 Å². The second-order valence-corrected chi connectivity index (χ2v) is 7.29. The zero-order valence-electron chi connectivity index (χ0n) is 16.6. The van der Waals surface area contributed by atoms with Crippen LogP contribution in [0.2, 0.25) is 0 Å². The standard InChI is InChI=1S/C21H18F3N5O2/c1-12-5-7-25-10-16(12)27-19(30)15-6-8-28-13(2)11-29(20(31)18(15)28)14-3-4-17(26-9-14)21(22,23)24/h3-10,13H,11H2,1-2H3,(H,27,30)/t13-/m0/s1. The Morgan fingerprint density at radius 2 is 1.97 bits per heavy atom. The van der Waals surface area contributed by atoms with Crippen LogP contribution in [0.25, 0.3) is 0 Å². The molecule has 3 aromatic rings. The van der Waals surface area contributed by atoms with Gasteiger partial charge in [0.2, 0.25) is 0 Å². The number of halogens is 3. The van der Waals surface area contributed by atoms with Gasteiger partial charge in [-0.15, -0.1) is 0 Å². The first-order chi connectivity index (χ1) is 14.7. The van der Waals surface area contributed by atoms with Gasteiger partial charge in [0.05, 0.1) is 29.3 Å². The molecule has 1 N–H and O–H groups in total. The van der Waals surface area contributed by atoms with E-state index in [1.807, 2.05) is 13.8 Å². The number of hydrogen-bond acceptors (Lipinski definition) is 4. The predicted octanol–water partition coefficient (Wildman–Crippen LogP) is 4.08. The Kier molecular flexibility index (Phi) is 5.00. The lowest BCUT2D eigenvalue weighted by molar-refractivity contribution is -0.141. The van der Waals surface area contributed by atoms with Gasteiger partial charge in [-0.25, -0.2) is 4.98 Å². The summed E-state index contributed by atoms with van der Waals surface area (Å²) in [5.74, 6) is -0.962. The summed E-state index contributed by atoms with van der Waals surface area (Å²) >= 11 is 0. The Morgan fingerprint density at radius 1 is 1.19 bits per heavy atom. The first-order valence-electron chi connectivity index (χ1n) is 9.44. The number of carbonyl (C=O) groups excluding carboxylic acids is 2. The van der Waals surface area contributed by atoms with E-state index in [4.69, 9.17) is 0 Å². The van der Waals surface area contributed by atoms with Gasteiger partial charge < -0.3 is 14.8 Å². The molecule has 0 bridgehead atoms. The lowest BCUT2D eigenvalue weighted by Crippen LogP contribution is -2.43. The normalized spacial score (nSPS) is 16.2. The number of fused-ring (bicyclic) bond motifs is 1. The van der Waals surface area contributed by atoms with Crippen LogP contribution in [0.3, 0.4) is 0 Å². The quantitative estimate of drug-likeness (QED) is 0.681. The van der Waals surface area contributed by atoms with Crippen molar-refractivity contribution in [2.75, 3.05) is 16.8 Å². The molecule has 4 heterocycles. The van der Waals surface area contributed by atoms with Crippen molar-refractivity contribution < 1.29 is 22.8 Å². The molecule has 1 atom stereocenters. The van der Waals surface area contributed by atoms with E-state index in [0.29, 0.717) is 5.69 Å². The highest BCUT2D eigenvalue weighted by Gasteiger charge is 2.36. The topological polar surface area (TPSA) is 80.1 Å². The summed E-state index contributed by atoms with van der Waals surface area (Å²) in [6.45, 7) is 3.91. The molecule has 0 saturated heterocycles. The first kappa shape index (κ1) is 20.6. The minimum absolute atomic E-state index is 0.165. The predicted molar refractivity (Wildman–Crippen MR) is 107 cm³/mol. The summed E-state index contributed by atoms with van der Waals surface area (Å²) in [4.78, 5) is 34.9. The van der Waals surface area contributed by atoms with Gasteiger partial charge in [0.15, 0.2) is 0 Å². The molecular formula is C21H18F3N5O2. The van der Waals surface area contributed by atoms with Crippen molar-refractivity contribution >= 4 is 23.2 Å². The Labute approximate surface area is 175 Å². The van der Waals surface area contributed by atoms with E-state index >= 15 is 0 Å². The van der Waals surface area contributed by atoms with E-state index in [1.54, 1.807) is 29.1 Å². The summed E-state index contributed by atoms with van der Waals surface area (Å²) < 4.78 is 40.1. The van der Waals surface area contributed by atoms with Crippen molar-refractivity contribution in [1.82, 2.24) is 14.5 Å². The van der Waals surface area contributed by atoms with Crippen molar-refractivity contribution in [3.8, 4) is 0 Å². The highest BCUT2D eigenvalue weighted by atomic mass is 19.4. The Bertz CT molecular complexity index is 1150. The average molecular weight is 429 g/mol. The second kappa shape index (κ2) is 7.53. The Morgan fingerprint density at radius 3 is 2.61 bits per heavy atom. The summed E-state index contributed by atoms with van der Waals surface area (Å²) in [5.41, 5.74) is 0.860. The van der Waals surface area contributed by atoms with E-state index in [1.165, 1.54) is 17.2 Å². The molecule has 10 heteroatoms. The molecule has 0 aromatic carbocycles. The van der Waals surface area contributed by atoms with Crippen LogP contribution in [0.1, 0.15) is 45.1 Å². The molecule has 0 fully saturated rings. The Hall–Kier alpha value is -3.69. The van der Waals surface area contributed by atoms with Crippen LogP contribution in [0, 0.1) is 6.92 Å². The molecule has 160 valence electrons. The SMILES string of the molecule is Cc1ccncc1NC(=O)c1ccn2c1C(=O)N(c1ccc(C(F)(F)F)nc1)C[C@@H]2C. The molecule has 0 unspecified atom stereocenters. The van der Waals surface area contributed by atoms with Crippen LogP contribution >= 0.6 is 0 Å². The molecule has 0 aliphatic carbocycles. The van der Waals surface area contributed by atoms with Crippen LogP contribution < -0.4 is 10.2 Å². The zero-order valence-corrected chi connectivity index (χ0v) is 16.6. The van der Waals surface area contributed by atoms with Crippen molar-refractivity contribution in [2.24, 2.45) is 0 Å². The summed E-state index contributed by atoms with van der Waals surface area (Å²) in [7, 11) is 0. The van der Waals surface area contributed by atoms with Crippen molar-refractivity contribution in [2.45, 2.75) is 26.1 Å². The third-order valence-electron chi connectivity index (χ3n) is 5.17. The van der Waals surface area contributed by atoms with Crippen LogP contribution in [0.5, 0.6) is 0 Å². The van der Waals surface area contributed by atoms with Gasteiger partial charge in [0.25, 0.3) is 11.8 Å². The smallest absolute Gasteiger partial charge is 0.338 e. The van der Waals surface area contributed by atoms with E-state index in [-0.39, 0.29) is 29.5 Å². The van der Waals surface area contributed by atoms with Gasteiger partial charge in [-0.3, -0.25) is 14.6 Å². The number of nitrogens with zero attached hydrogens (tertiary/aromatic N) is 4. The van der Waals surface area contributed by atoms with Crippen LogP contribution in [0.15, 0.2) is 49.1 Å². The largest absolute Gasteiger partial charge is 0.433 e. The number of anilines is 2. The third-order valence-corrected chi connectivity index (χ3v) is 5.17. The molecule has 0 saturated carbocycles. The lowest BCUT2D eigenvalue weighted by atomic mass is 10.1. The fourth-order valence-corrected chi connectivity index (χ4v) is 3.51. The molecule has 1 aliphatic rings. The summed E-state index contributed by atoms with van der Waals surface area (Å²) in [6, 6.07) is 5.14. The second-order valence-electron chi connectivity index (χ2n) is 7.29. The zero-order chi connectivity index (χ0) is 22.3. The number of carbonyl (C=O) groups is 2. The maximum absolute atomic E-state index is 13.2. The van der Waals surface area contributed by atoms with Crippen LogP contribution in [-0.2, 0) is 6.18 Å². The number of hydrogen-bond donors (Lipinski definition) is 1. The van der Waals surface area contributed by atoms with Crippen LogP contribution in [0.4, 0.5) is 24.5 Å². The lowest BCUT2D eigenvalue weighted by Gasteiger charge is -2.33. The van der Waals surface area contributed by atoms with Gasteiger partial charge in [-0.05, 0) is 43.7 Å². The maximum Gasteiger partial charge on any atom is 0.433 e. The minimum Gasteiger partial charge on any atom is -0.338 e. The number of alkyl halides is 3. The molecule has 4 rings (SSSR count). The highest BCUT2D eigenvalue weighted by Crippen LogP contribution is 2.32. The van der Waals surface area contributed by atoms with Gasteiger partial charge >= 0.3 is 6.18 Å². The van der Waals surface area contributed by atoms with Gasteiger partial charge in [0.1, 0.15) is 11.4 Å². The summed E-state index contributed by atoms with van der Waals surface area (Å²) in [5, 5.41) is 2.75. The molecule has 1 aliphatic heterocycles.